The fourth-order valence-corrected chi connectivity index (χ4v) is 2.18. The normalized spacial score (nSPS) is 9.88. The molecule has 0 radical (unpaired) electrons. The Kier molecular flexibility index (Phi) is 5.69. The molecule has 0 aromatic heterocycles. The Labute approximate surface area is 140 Å². The molecule has 0 aliphatic rings. The molecule has 5 heteroatoms. The molecule has 0 amide bonds. The van der Waals surface area contributed by atoms with Crippen LogP contribution in [0, 0.1) is 11.3 Å². The van der Waals surface area contributed by atoms with Crippen molar-refractivity contribution in [3.8, 4) is 6.07 Å². The molecule has 0 atom stereocenters. The van der Waals surface area contributed by atoms with E-state index in [4.69, 9.17) is 10.00 Å². The van der Waals surface area contributed by atoms with Gasteiger partial charge in [-0.25, -0.2) is 4.79 Å². The lowest BCUT2D eigenvalue weighted by molar-refractivity contribution is 0.0526. The molecule has 122 valence electrons. The van der Waals surface area contributed by atoms with Crippen molar-refractivity contribution in [3.63, 3.8) is 0 Å². The number of carbonyl (C=O) groups is 2. The first-order valence-electron chi connectivity index (χ1n) is 7.60. The molecule has 0 aliphatic heterocycles. The van der Waals surface area contributed by atoms with Crippen molar-refractivity contribution >= 4 is 17.4 Å². The number of rotatable bonds is 6. The molecule has 0 aliphatic carbocycles. The van der Waals surface area contributed by atoms with Crippen LogP contribution in [0.2, 0.25) is 0 Å². The van der Waals surface area contributed by atoms with Crippen molar-refractivity contribution < 1.29 is 14.3 Å². The van der Waals surface area contributed by atoms with Crippen LogP contribution in [0.15, 0.2) is 42.5 Å². The highest BCUT2D eigenvalue weighted by Crippen LogP contribution is 2.19. The molecule has 2 aromatic rings. The number of nitrogens with one attached hydrogen (secondary N) is 1. The summed E-state index contributed by atoms with van der Waals surface area (Å²) in [5, 5.41) is 12.3. The SMILES string of the molecule is CCOC(=O)c1ccc(CNc2cc(C(C)=O)ccc2C#N)cc1. The monoisotopic (exact) mass is 322 g/mol. The summed E-state index contributed by atoms with van der Waals surface area (Å²) in [4.78, 5) is 23.1. The number of hydrogen-bond acceptors (Lipinski definition) is 5. The van der Waals surface area contributed by atoms with E-state index in [1.807, 2.05) is 12.1 Å². The number of anilines is 1. The topological polar surface area (TPSA) is 79.2 Å². The van der Waals surface area contributed by atoms with E-state index in [1.165, 1.54) is 6.92 Å². The van der Waals surface area contributed by atoms with E-state index in [9.17, 15) is 9.59 Å². The van der Waals surface area contributed by atoms with E-state index in [0.29, 0.717) is 35.5 Å². The summed E-state index contributed by atoms with van der Waals surface area (Å²) in [7, 11) is 0. The third kappa shape index (κ3) is 4.20. The number of hydrogen-bond donors (Lipinski definition) is 1. The van der Waals surface area contributed by atoms with Crippen LogP contribution in [0.25, 0.3) is 0 Å². The Morgan fingerprint density at radius 2 is 1.79 bits per heavy atom. The lowest BCUT2D eigenvalue weighted by Crippen LogP contribution is -2.06. The molecule has 0 saturated carbocycles. The van der Waals surface area contributed by atoms with Gasteiger partial charge in [0.05, 0.1) is 23.4 Å². The van der Waals surface area contributed by atoms with Crippen molar-refractivity contribution in [1.82, 2.24) is 0 Å². The zero-order chi connectivity index (χ0) is 17.5. The Morgan fingerprint density at radius 1 is 1.12 bits per heavy atom. The summed E-state index contributed by atoms with van der Waals surface area (Å²) in [5.41, 5.74) is 3.08. The quantitative estimate of drug-likeness (QED) is 0.650. The first kappa shape index (κ1) is 17.2. The summed E-state index contributed by atoms with van der Waals surface area (Å²) in [6, 6.07) is 14.1. The summed E-state index contributed by atoms with van der Waals surface area (Å²) >= 11 is 0. The highest BCUT2D eigenvalue weighted by Gasteiger charge is 2.08. The fourth-order valence-electron chi connectivity index (χ4n) is 2.18. The van der Waals surface area contributed by atoms with E-state index in [2.05, 4.69) is 11.4 Å². The smallest absolute Gasteiger partial charge is 0.338 e. The zero-order valence-electron chi connectivity index (χ0n) is 13.6. The maximum Gasteiger partial charge on any atom is 0.338 e. The molecular weight excluding hydrogens is 304 g/mol. The summed E-state index contributed by atoms with van der Waals surface area (Å²) in [6.07, 6.45) is 0. The van der Waals surface area contributed by atoms with Crippen LogP contribution in [0.1, 0.15) is 45.7 Å². The van der Waals surface area contributed by atoms with Gasteiger partial charge in [-0.05, 0) is 49.7 Å². The van der Waals surface area contributed by atoms with Gasteiger partial charge in [0.2, 0.25) is 0 Å². The Bertz CT molecular complexity index is 789. The van der Waals surface area contributed by atoms with Crippen molar-refractivity contribution in [2.45, 2.75) is 20.4 Å². The predicted molar refractivity (Wildman–Crippen MR) is 90.9 cm³/mol. The van der Waals surface area contributed by atoms with Crippen LogP contribution < -0.4 is 5.32 Å². The number of nitrogens with zero attached hydrogens (tertiary/aromatic N) is 1. The van der Waals surface area contributed by atoms with E-state index in [1.54, 1.807) is 37.3 Å². The lowest BCUT2D eigenvalue weighted by Gasteiger charge is -2.10. The number of ketones is 1. The molecule has 1 N–H and O–H groups in total. The standard InChI is InChI=1S/C19H18N2O3/c1-3-24-19(23)15-6-4-14(5-7-15)12-21-18-10-16(13(2)22)8-9-17(18)11-20/h4-10,21H,3,12H2,1-2H3. The van der Waals surface area contributed by atoms with Gasteiger partial charge >= 0.3 is 5.97 Å². The molecule has 2 aromatic carbocycles. The summed E-state index contributed by atoms with van der Waals surface area (Å²) in [6.45, 7) is 4.06. The predicted octanol–water partition coefficient (Wildman–Crippen LogP) is 3.55. The molecule has 0 fully saturated rings. The molecule has 24 heavy (non-hydrogen) atoms. The van der Waals surface area contributed by atoms with Gasteiger partial charge in [0, 0.05) is 12.1 Å². The zero-order valence-corrected chi connectivity index (χ0v) is 13.6. The van der Waals surface area contributed by atoms with Crippen LogP contribution in [-0.4, -0.2) is 18.4 Å². The third-order valence-corrected chi connectivity index (χ3v) is 3.49. The Morgan fingerprint density at radius 3 is 2.38 bits per heavy atom. The largest absolute Gasteiger partial charge is 0.462 e. The second kappa shape index (κ2) is 7.93. The number of esters is 1. The van der Waals surface area contributed by atoms with Gasteiger partial charge in [0.15, 0.2) is 5.78 Å². The van der Waals surface area contributed by atoms with E-state index in [0.717, 1.165) is 5.56 Å². The Hall–Kier alpha value is -3.13. The number of Topliss-reactive ketones (excluding diaryl/α,β-unsaturated/α-hetero) is 1. The number of ether oxygens (including phenoxy) is 1. The second-order valence-electron chi connectivity index (χ2n) is 5.20. The summed E-state index contributed by atoms with van der Waals surface area (Å²) < 4.78 is 4.94. The molecule has 0 bridgehead atoms. The van der Waals surface area contributed by atoms with Gasteiger partial charge in [-0.15, -0.1) is 0 Å². The number of carbonyl (C=O) groups excluding carboxylic acids is 2. The van der Waals surface area contributed by atoms with Crippen molar-refractivity contribution in [2.75, 3.05) is 11.9 Å². The molecule has 0 unspecified atom stereocenters. The van der Waals surface area contributed by atoms with Gasteiger partial charge in [-0.3, -0.25) is 4.79 Å². The van der Waals surface area contributed by atoms with Crippen LogP contribution in [0.5, 0.6) is 0 Å². The molecule has 0 saturated heterocycles. The number of nitriles is 1. The van der Waals surface area contributed by atoms with Crippen molar-refractivity contribution in [1.29, 1.82) is 5.26 Å². The maximum absolute atomic E-state index is 11.6. The first-order valence-corrected chi connectivity index (χ1v) is 7.60. The minimum atomic E-state index is -0.349. The minimum Gasteiger partial charge on any atom is -0.462 e. The van der Waals surface area contributed by atoms with E-state index in [-0.39, 0.29) is 11.8 Å². The van der Waals surface area contributed by atoms with Gasteiger partial charge in [0.25, 0.3) is 0 Å². The maximum atomic E-state index is 11.6. The van der Waals surface area contributed by atoms with Crippen LogP contribution in [0.4, 0.5) is 5.69 Å². The third-order valence-electron chi connectivity index (χ3n) is 3.49. The molecular formula is C19H18N2O3. The highest BCUT2D eigenvalue weighted by molar-refractivity contribution is 5.95. The van der Waals surface area contributed by atoms with Gasteiger partial charge < -0.3 is 10.1 Å². The second-order valence-corrected chi connectivity index (χ2v) is 5.20. The van der Waals surface area contributed by atoms with Crippen molar-refractivity contribution in [2.24, 2.45) is 0 Å². The fraction of sp³-hybridized carbons (Fsp3) is 0.211. The first-order chi connectivity index (χ1) is 11.5. The van der Waals surface area contributed by atoms with Crippen molar-refractivity contribution in [3.05, 3.63) is 64.7 Å². The number of benzene rings is 2. The molecule has 0 spiro atoms. The summed E-state index contributed by atoms with van der Waals surface area (Å²) in [5.74, 6) is -0.403. The van der Waals surface area contributed by atoms with Gasteiger partial charge in [-0.1, -0.05) is 12.1 Å². The van der Waals surface area contributed by atoms with E-state index < -0.39 is 0 Å². The van der Waals surface area contributed by atoms with Crippen LogP contribution in [-0.2, 0) is 11.3 Å². The highest BCUT2D eigenvalue weighted by atomic mass is 16.5. The van der Waals surface area contributed by atoms with Crippen LogP contribution in [0.3, 0.4) is 0 Å². The molecule has 0 heterocycles. The lowest BCUT2D eigenvalue weighted by atomic mass is 10.1. The van der Waals surface area contributed by atoms with Crippen LogP contribution >= 0.6 is 0 Å². The minimum absolute atomic E-state index is 0.0543. The average Bonchev–Trinajstić information content (AvgIpc) is 2.60. The average molecular weight is 322 g/mol. The Balaban J connectivity index is 2.10. The van der Waals surface area contributed by atoms with E-state index >= 15 is 0 Å². The van der Waals surface area contributed by atoms with Gasteiger partial charge in [0.1, 0.15) is 6.07 Å². The molecule has 2 rings (SSSR count). The van der Waals surface area contributed by atoms with Gasteiger partial charge in [-0.2, -0.15) is 5.26 Å². The molecule has 5 nitrogen and oxygen atoms in total.